The maximum atomic E-state index is 13.2. The second-order valence-corrected chi connectivity index (χ2v) is 8.40. The summed E-state index contributed by atoms with van der Waals surface area (Å²) in [6.45, 7) is 1.58. The second kappa shape index (κ2) is 8.04. The molecule has 0 atom stereocenters. The van der Waals surface area contributed by atoms with Gasteiger partial charge in [-0.15, -0.1) is 0 Å². The third kappa shape index (κ3) is 4.77. The second-order valence-electron chi connectivity index (χ2n) is 6.87. The number of rotatable bonds is 5. The summed E-state index contributed by atoms with van der Waals surface area (Å²) in [5.74, 6) is -0.242. The predicted molar refractivity (Wildman–Crippen MR) is 107 cm³/mol. The molecule has 0 saturated carbocycles. The fourth-order valence-electron chi connectivity index (χ4n) is 3.25. The molecule has 3 aromatic carbocycles. The standard InChI is InChI=1S/C22H18F3NO3S/c1-14-12-15(6-11-21(14)30(26,28)29)13-20(27)17-9-7-16(8-10-17)18-4-2-3-5-19(18)22(23,24)25/h2-12H,13H2,1H3,(H2,26,28,29). The SMILES string of the molecule is Cc1cc(CC(=O)c2ccc(-c3ccccc3C(F)(F)F)cc2)ccc1S(N)(=O)=O. The number of primary sulfonamides is 1. The number of Topliss-reactive ketones (excluding diaryl/α,β-unsaturated/α-hetero) is 1. The zero-order valence-electron chi connectivity index (χ0n) is 15.9. The molecule has 0 bridgehead atoms. The first kappa shape index (κ1) is 21.7. The number of sulfonamides is 1. The third-order valence-corrected chi connectivity index (χ3v) is 5.73. The first-order valence-electron chi connectivity index (χ1n) is 8.89. The van der Waals surface area contributed by atoms with Crippen LogP contribution in [0.3, 0.4) is 0 Å². The predicted octanol–water partition coefficient (Wildman–Crippen LogP) is 4.75. The lowest BCUT2D eigenvalue weighted by Gasteiger charge is -2.13. The van der Waals surface area contributed by atoms with Crippen molar-refractivity contribution in [2.75, 3.05) is 0 Å². The Kier molecular flexibility index (Phi) is 5.83. The van der Waals surface area contributed by atoms with Crippen LogP contribution >= 0.6 is 0 Å². The lowest BCUT2D eigenvalue weighted by atomic mass is 9.96. The van der Waals surface area contributed by atoms with Gasteiger partial charge in [-0.2, -0.15) is 13.2 Å². The summed E-state index contributed by atoms with van der Waals surface area (Å²) in [4.78, 5) is 12.6. The Labute approximate surface area is 172 Å². The van der Waals surface area contributed by atoms with Crippen molar-refractivity contribution in [2.24, 2.45) is 5.14 Å². The molecule has 0 fully saturated rings. The van der Waals surface area contributed by atoms with Gasteiger partial charge in [0, 0.05) is 12.0 Å². The van der Waals surface area contributed by atoms with Crippen LogP contribution in [0.25, 0.3) is 11.1 Å². The van der Waals surface area contributed by atoms with Crippen molar-refractivity contribution in [3.05, 3.63) is 89.0 Å². The molecule has 0 unspecified atom stereocenters. The van der Waals surface area contributed by atoms with Gasteiger partial charge in [-0.3, -0.25) is 4.79 Å². The van der Waals surface area contributed by atoms with E-state index >= 15 is 0 Å². The molecule has 0 spiro atoms. The van der Waals surface area contributed by atoms with Gasteiger partial charge >= 0.3 is 6.18 Å². The molecule has 0 aliphatic rings. The smallest absolute Gasteiger partial charge is 0.294 e. The molecule has 8 heteroatoms. The molecule has 0 aliphatic carbocycles. The zero-order valence-corrected chi connectivity index (χ0v) is 16.7. The molecular formula is C22H18F3NO3S. The monoisotopic (exact) mass is 433 g/mol. The summed E-state index contributed by atoms with van der Waals surface area (Å²) < 4.78 is 62.6. The Morgan fingerprint density at radius 1 is 0.967 bits per heavy atom. The molecule has 0 saturated heterocycles. The van der Waals surface area contributed by atoms with Crippen molar-refractivity contribution in [1.82, 2.24) is 0 Å². The van der Waals surface area contributed by atoms with Gasteiger partial charge < -0.3 is 0 Å². The summed E-state index contributed by atoms with van der Waals surface area (Å²) in [6.07, 6.45) is -4.46. The van der Waals surface area contributed by atoms with Crippen LogP contribution in [0.2, 0.25) is 0 Å². The third-order valence-electron chi connectivity index (χ3n) is 4.66. The maximum Gasteiger partial charge on any atom is 0.417 e. The van der Waals surface area contributed by atoms with E-state index in [1.165, 1.54) is 54.6 Å². The Hall–Kier alpha value is -2.97. The minimum absolute atomic E-state index is 0.00798. The minimum Gasteiger partial charge on any atom is -0.294 e. The van der Waals surface area contributed by atoms with Crippen LogP contribution in [-0.4, -0.2) is 14.2 Å². The van der Waals surface area contributed by atoms with E-state index in [4.69, 9.17) is 5.14 Å². The quantitative estimate of drug-likeness (QED) is 0.590. The fraction of sp³-hybridized carbons (Fsp3) is 0.136. The highest BCUT2D eigenvalue weighted by Gasteiger charge is 2.33. The number of hydrogen-bond acceptors (Lipinski definition) is 3. The summed E-state index contributed by atoms with van der Waals surface area (Å²) in [7, 11) is -3.84. The van der Waals surface area contributed by atoms with Crippen LogP contribution < -0.4 is 5.14 Å². The largest absolute Gasteiger partial charge is 0.417 e. The number of aryl methyl sites for hydroxylation is 1. The topological polar surface area (TPSA) is 77.2 Å². The number of carbonyl (C=O) groups is 1. The fourth-order valence-corrected chi connectivity index (χ4v) is 4.01. The molecule has 156 valence electrons. The highest BCUT2D eigenvalue weighted by molar-refractivity contribution is 7.89. The molecule has 0 amide bonds. The Balaban J connectivity index is 1.83. The molecule has 30 heavy (non-hydrogen) atoms. The van der Waals surface area contributed by atoms with Crippen LogP contribution in [0, 0.1) is 6.92 Å². The first-order chi connectivity index (χ1) is 14.0. The highest BCUT2D eigenvalue weighted by Crippen LogP contribution is 2.36. The summed E-state index contributed by atoms with van der Waals surface area (Å²) in [6, 6.07) is 15.6. The number of benzene rings is 3. The van der Waals surface area contributed by atoms with E-state index in [-0.39, 0.29) is 22.7 Å². The van der Waals surface area contributed by atoms with Crippen molar-refractivity contribution in [1.29, 1.82) is 0 Å². The average Bonchev–Trinajstić information content (AvgIpc) is 2.66. The van der Waals surface area contributed by atoms with E-state index in [2.05, 4.69) is 0 Å². The van der Waals surface area contributed by atoms with Crippen LogP contribution in [0.5, 0.6) is 0 Å². The van der Waals surface area contributed by atoms with Gasteiger partial charge in [-0.05, 0) is 41.3 Å². The molecule has 0 heterocycles. The number of hydrogen-bond donors (Lipinski definition) is 1. The van der Waals surface area contributed by atoms with Crippen molar-refractivity contribution < 1.29 is 26.4 Å². The van der Waals surface area contributed by atoms with Gasteiger partial charge in [0.2, 0.25) is 10.0 Å². The Bertz CT molecular complexity index is 1200. The van der Waals surface area contributed by atoms with E-state index in [0.717, 1.165) is 6.07 Å². The molecule has 0 aromatic heterocycles. The number of alkyl halides is 3. The Morgan fingerprint density at radius 3 is 2.17 bits per heavy atom. The van der Waals surface area contributed by atoms with E-state index in [0.29, 0.717) is 22.3 Å². The zero-order chi connectivity index (χ0) is 22.1. The van der Waals surface area contributed by atoms with Crippen molar-refractivity contribution in [3.8, 4) is 11.1 Å². The van der Waals surface area contributed by atoms with Gasteiger partial charge in [0.1, 0.15) is 0 Å². The van der Waals surface area contributed by atoms with Gasteiger partial charge in [-0.25, -0.2) is 13.6 Å². The Morgan fingerprint density at radius 2 is 1.60 bits per heavy atom. The van der Waals surface area contributed by atoms with Gasteiger partial charge in [0.15, 0.2) is 5.78 Å². The van der Waals surface area contributed by atoms with Crippen LogP contribution in [-0.2, 0) is 22.6 Å². The lowest BCUT2D eigenvalue weighted by molar-refractivity contribution is -0.137. The molecular weight excluding hydrogens is 415 g/mol. The summed E-state index contributed by atoms with van der Waals surface area (Å²) in [5.41, 5.74) is 1.04. The minimum atomic E-state index is -4.48. The van der Waals surface area contributed by atoms with E-state index in [1.807, 2.05) is 0 Å². The maximum absolute atomic E-state index is 13.2. The number of nitrogens with two attached hydrogens (primary N) is 1. The van der Waals surface area contributed by atoms with Crippen LogP contribution in [0.15, 0.2) is 71.6 Å². The van der Waals surface area contributed by atoms with Gasteiger partial charge in [-0.1, -0.05) is 54.6 Å². The number of ketones is 1. The van der Waals surface area contributed by atoms with Crippen molar-refractivity contribution in [3.63, 3.8) is 0 Å². The number of carbonyl (C=O) groups excluding carboxylic acids is 1. The van der Waals surface area contributed by atoms with Crippen LogP contribution in [0.4, 0.5) is 13.2 Å². The van der Waals surface area contributed by atoms with E-state index in [1.54, 1.807) is 13.0 Å². The average molecular weight is 433 g/mol. The van der Waals surface area contributed by atoms with Crippen molar-refractivity contribution in [2.45, 2.75) is 24.4 Å². The normalized spacial score (nSPS) is 12.0. The highest BCUT2D eigenvalue weighted by atomic mass is 32.2. The van der Waals surface area contributed by atoms with Crippen LogP contribution in [0.1, 0.15) is 27.0 Å². The molecule has 0 aliphatic heterocycles. The van der Waals surface area contributed by atoms with E-state index in [9.17, 15) is 26.4 Å². The summed E-state index contributed by atoms with van der Waals surface area (Å²) >= 11 is 0. The van der Waals surface area contributed by atoms with Gasteiger partial charge in [0.05, 0.1) is 10.5 Å². The van der Waals surface area contributed by atoms with Gasteiger partial charge in [0.25, 0.3) is 0 Å². The van der Waals surface area contributed by atoms with Crippen molar-refractivity contribution >= 4 is 15.8 Å². The summed E-state index contributed by atoms with van der Waals surface area (Å²) in [5, 5.41) is 5.13. The molecule has 0 radical (unpaired) electrons. The molecule has 4 nitrogen and oxygen atoms in total. The van der Waals surface area contributed by atoms with E-state index < -0.39 is 21.8 Å². The molecule has 3 aromatic rings. The first-order valence-corrected chi connectivity index (χ1v) is 10.4. The molecule has 2 N–H and O–H groups in total. The number of halogens is 3. The molecule has 3 rings (SSSR count). The lowest BCUT2D eigenvalue weighted by Crippen LogP contribution is -2.14.